The predicted molar refractivity (Wildman–Crippen MR) is 51.6 cm³/mol. The number of nitrogens with one attached hydrogen (secondary N) is 1. The Morgan fingerprint density at radius 2 is 2.13 bits per heavy atom. The number of amides is 3. The first-order valence-electron chi connectivity index (χ1n) is 4.92. The van der Waals surface area contributed by atoms with E-state index >= 15 is 0 Å². The lowest BCUT2D eigenvalue weighted by molar-refractivity contribution is -0.142. The zero-order chi connectivity index (χ0) is 11.0. The lowest BCUT2D eigenvalue weighted by Gasteiger charge is -2.29. The highest BCUT2D eigenvalue weighted by molar-refractivity contribution is 6.16. The zero-order valence-electron chi connectivity index (χ0n) is 8.45. The summed E-state index contributed by atoms with van der Waals surface area (Å²) in [5.41, 5.74) is 0.469. The van der Waals surface area contributed by atoms with Crippen LogP contribution in [0.1, 0.15) is 19.8 Å². The number of carbonyl (C=O) groups excluding carboxylic acids is 3. The third kappa shape index (κ3) is 1.65. The molecule has 5 nitrogen and oxygen atoms in total. The first-order chi connectivity index (χ1) is 7.09. The van der Waals surface area contributed by atoms with Gasteiger partial charge in [-0.05, 0) is 13.3 Å². The summed E-state index contributed by atoms with van der Waals surface area (Å²) in [5.74, 6) is -0.519. The van der Waals surface area contributed by atoms with Crippen LogP contribution in [0.4, 0.5) is 0 Å². The van der Waals surface area contributed by atoms with Gasteiger partial charge in [0.25, 0.3) is 11.8 Å². The normalized spacial score (nSPS) is 26.7. The van der Waals surface area contributed by atoms with Crippen LogP contribution in [-0.4, -0.2) is 35.2 Å². The van der Waals surface area contributed by atoms with Gasteiger partial charge in [-0.25, -0.2) is 0 Å². The summed E-state index contributed by atoms with van der Waals surface area (Å²) in [4.78, 5) is 35.3. The third-order valence-corrected chi connectivity index (χ3v) is 2.74. The highest BCUT2D eigenvalue weighted by Crippen LogP contribution is 2.19. The highest BCUT2D eigenvalue weighted by Gasteiger charge is 2.36. The summed E-state index contributed by atoms with van der Waals surface area (Å²) in [6.45, 7) is 2.00. The second kappa shape index (κ2) is 3.49. The second-order valence-electron chi connectivity index (χ2n) is 3.84. The van der Waals surface area contributed by atoms with Gasteiger partial charge < -0.3 is 5.32 Å². The molecule has 0 aromatic rings. The van der Waals surface area contributed by atoms with Crippen molar-refractivity contribution in [1.82, 2.24) is 10.2 Å². The van der Waals surface area contributed by atoms with E-state index in [1.807, 2.05) is 0 Å². The Bertz CT molecular complexity index is 363. The summed E-state index contributed by atoms with van der Waals surface area (Å²) in [6.07, 6.45) is 2.28. The fourth-order valence-electron chi connectivity index (χ4n) is 1.89. The van der Waals surface area contributed by atoms with Crippen molar-refractivity contribution in [3.8, 4) is 0 Å². The summed E-state index contributed by atoms with van der Waals surface area (Å²) in [7, 11) is 0. The van der Waals surface area contributed by atoms with Crippen LogP contribution in [0.15, 0.2) is 11.6 Å². The van der Waals surface area contributed by atoms with Gasteiger partial charge >= 0.3 is 0 Å². The van der Waals surface area contributed by atoms with Crippen molar-refractivity contribution in [2.24, 2.45) is 0 Å². The molecular weight excluding hydrogens is 196 g/mol. The van der Waals surface area contributed by atoms with Gasteiger partial charge in [0.2, 0.25) is 5.91 Å². The van der Waals surface area contributed by atoms with Gasteiger partial charge in [-0.1, -0.05) is 0 Å². The molecule has 2 heterocycles. The molecule has 0 aliphatic carbocycles. The van der Waals surface area contributed by atoms with Crippen LogP contribution < -0.4 is 5.32 Å². The maximum Gasteiger partial charge on any atom is 0.256 e. The molecule has 1 atom stereocenters. The number of hydrogen-bond acceptors (Lipinski definition) is 3. The first kappa shape index (κ1) is 9.89. The molecule has 15 heavy (non-hydrogen) atoms. The van der Waals surface area contributed by atoms with Gasteiger partial charge in [0, 0.05) is 24.6 Å². The molecule has 0 radical (unpaired) electrons. The molecule has 0 saturated carbocycles. The van der Waals surface area contributed by atoms with Gasteiger partial charge in [0.15, 0.2) is 0 Å². The largest absolute Gasteiger partial charge is 0.354 e. The van der Waals surface area contributed by atoms with E-state index in [-0.39, 0.29) is 23.8 Å². The molecule has 1 fully saturated rings. The Hall–Kier alpha value is -1.65. The van der Waals surface area contributed by atoms with Crippen LogP contribution in [0.2, 0.25) is 0 Å². The van der Waals surface area contributed by atoms with E-state index < -0.39 is 0 Å². The molecule has 2 rings (SSSR count). The Kier molecular flexibility index (Phi) is 2.30. The van der Waals surface area contributed by atoms with Gasteiger partial charge in [-0.3, -0.25) is 19.3 Å². The number of rotatable bonds is 1. The van der Waals surface area contributed by atoms with Crippen LogP contribution in [0, 0.1) is 0 Å². The predicted octanol–water partition coefficient (Wildman–Crippen LogP) is -0.420. The monoisotopic (exact) mass is 208 g/mol. The number of nitrogens with zero attached hydrogens (tertiary/aromatic N) is 1. The summed E-state index contributed by atoms with van der Waals surface area (Å²) < 4.78 is 0. The van der Waals surface area contributed by atoms with Gasteiger partial charge in [-0.2, -0.15) is 0 Å². The molecule has 0 bridgehead atoms. The van der Waals surface area contributed by atoms with Crippen molar-refractivity contribution in [1.29, 1.82) is 0 Å². The highest BCUT2D eigenvalue weighted by atomic mass is 16.2. The first-order valence-corrected chi connectivity index (χ1v) is 4.92. The molecule has 2 aliphatic heterocycles. The molecule has 0 aromatic heterocycles. The SMILES string of the molecule is CC1=CC(=O)N(C2CCC(=O)NC2)C1=O. The Morgan fingerprint density at radius 3 is 2.60 bits per heavy atom. The Balaban J connectivity index is 2.09. The minimum Gasteiger partial charge on any atom is -0.354 e. The van der Waals surface area contributed by atoms with Crippen LogP contribution in [0.5, 0.6) is 0 Å². The molecule has 5 heteroatoms. The minimum absolute atomic E-state index is 0.0185. The van der Waals surface area contributed by atoms with Crippen molar-refractivity contribution in [2.75, 3.05) is 6.54 Å². The van der Waals surface area contributed by atoms with Crippen molar-refractivity contribution < 1.29 is 14.4 Å². The van der Waals surface area contributed by atoms with Gasteiger partial charge in [0.05, 0.1) is 6.04 Å². The van der Waals surface area contributed by atoms with Crippen molar-refractivity contribution >= 4 is 17.7 Å². The van der Waals surface area contributed by atoms with Crippen molar-refractivity contribution in [2.45, 2.75) is 25.8 Å². The van der Waals surface area contributed by atoms with E-state index in [9.17, 15) is 14.4 Å². The number of imide groups is 1. The maximum atomic E-state index is 11.6. The van der Waals surface area contributed by atoms with Crippen molar-refractivity contribution in [3.05, 3.63) is 11.6 Å². The fraction of sp³-hybridized carbons (Fsp3) is 0.500. The quantitative estimate of drug-likeness (QED) is 0.595. The van der Waals surface area contributed by atoms with E-state index in [0.717, 1.165) is 0 Å². The topological polar surface area (TPSA) is 66.5 Å². The number of carbonyl (C=O) groups is 3. The molecule has 2 aliphatic rings. The van der Waals surface area contributed by atoms with Crippen LogP contribution in [-0.2, 0) is 14.4 Å². The Morgan fingerprint density at radius 1 is 1.40 bits per heavy atom. The smallest absolute Gasteiger partial charge is 0.256 e. The average molecular weight is 208 g/mol. The Labute approximate surface area is 87.1 Å². The summed E-state index contributed by atoms with van der Waals surface area (Å²) >= 11 is 0. The van der Waals surface area contributed by atoms with Crippen LogP contribution in [0.25, 0.3) is 0 Å². The fourth-order valence-corrected chi connectivity index (χ4v) is 1.89. The molecule has 0 aromatic carbocycles. The lowest BCUT2D eigenvalue weighted by Crippen LogP contribution is -2.50. The average Bonchev–Trinajstić information content (AvgIpc) is 2.44. The van der Waals surface area contributed by atoms with E-state index in [1.54, 1.807) is 6.92 Å². The van der Waals surface area contributed by atoms with E-state index in [1.165, 1.54) is 11.0 Å². The van der Waals surface area contributed by atoms with Crippen molar-refractivity contribution in [3.63, 3.8) is 0 Å². The molecule has 80 valence electrons. The van der Waals surface area contributed by atoms with E-state index in [0.29, 0.717) is 25.0 Å². The molecule has 1 N–H and O–H groups in total. The maximum absolute atomic E-state index is 11.6. The zero-order valence-corrected chi connectivity index (χ0v) is 8.45. The van der Waals surface area contributed by atoms with E-state index in [4.69, 9.17) is 0 Å². The minimum atomic E-state index is -0.265. The second-order valence-corrected chi connectivity index (χ2v) is 3.84. The summed E-state index contributed by atoms with van der Waals surface area (Å²) in [6, 6.07) is -0.184. The van der Waals surface area contributed by atoms with Gasteiger partial charge in [-0.15, -0.1) is 0 Å². The molecule has 0 spiro atoms. The third-order valence-electron chi connectivity index (χ3n) is 2.74. The van der Waals surface area contributed by atoms with Gasteiger partial charge in [0.1, 0.15) is 0 Å². The number of hydrogen-bond donors (Lipinski definition) is 1. The van der Waals surface area contributed by atoms with Crippen LogP contribution in [0.3, 0.4) is 0 Å². The number of piperidine rings is 1. The van der Waals surface area contributed by atoms with Crippen LogP contribution >= 0.6 is 0 Å². The lowest BCUT2D eigenvalue weighted by atomic mass is 10.1. The molecule has 1 saturated heterocycles. The molecule has 3 amide bonds. The molecule has 1 unspecified atom stereocenters. The standard InChI is InChI=1S/C10H12N2O3/c1-6-4-9(14)12(10(6)15)7-2-3-8(13)11-5-7/h4,7H,2-3,5H2,1H3,(H,11,13). The summed E-state index contributed by atoms with van der Waals surface area (Å²) in [5, 5.41) is 2.66. The van der Waals surface area contributed by atoms with E-state index in [2.05, 4.69) is 5.32 Å². The molecular formula is C10H12N2O3.